The van der Waals surface area contributed by atoms with Crippen LogP contribution in [0.5, 0.6) is 0 Å². The normalized spacial score (nSPS) is 11.9. The van der Waals surface area contributed by atoms with Crippen LogP contribution in [0.15, 0.2) is 60.1 Å². The van der Waals surface area contributed by atoms with E-state index in [1.54, 1.807) is 17.5 Å². The topological polar surface area (TPSA) is 48.7 Å². The lowest BCUT2D eigenvalue weighted by Gasteiger charge is -2.08. The third-order valence-corrected chi connectivity index (χ3v) is 4.44. The van der Waals surface area contributed by atoms with Crippen molar-refractivity contribution in [1.29, 1.82) is 5.26 Å². The average molecular weight is 389 g/mol. The summed E-state index contributed by atoms with van der Waals surface area (Å²) in [6.07, 6.45) is -3.14. The van der Waals surface area contributed by atoms with Gasteiger partial charge < -0.3 is 5.32 Å². The first-order valence-corrected chi connectivity index (χ1v) is 8.50. The molecular formula is C19H11F4N3S. The molecule has 27 heavy (non-hydrogen) atoms. The van der Waals surface area contributed by atoms with E-state index in [4.69, 9.17) is 0 Å². The smallest absolute Gasteiger partial charge is 0.360 e. The van der Waals surface area contributed by atoms with Crippen LogP contribution in [0.2, 0.25) is 0 Å². The van der Waals surface area contributed by atoms with Gasteiger partial charge >= 0.3 is 6.18 Å². The molecule has 0 bridgehead atoms. The summed E-state index contributed by atoms with van der Waals surface area (Å²) >= 11 is 1.21. The number of hydrogen-bond acceptors (Lipinski definition) is 4. The Morgan fingerprint density at radius 1 is 1.15 bits per heavy atom. The first-order valence-electron chi connectivity index (χ1n) is 7.63. The fourth-order valence-electron chi connectivity index (χ4n) is 2.23. The Labute approximate surface area is 156 Å². The van der Waals surface area contributed by atoms with Gasteiger partial charge in [0.15, 0.2) is 0 Å². The molecule has 1 heterocycles. The van der Waals surface area contributed by atoms with Crippen molar-refractivity contribution in [2.45, 2.75) is 6.18 Å². The second-order valence-electron chi connectivity index (χ2n) is 5.44. The second kappa shape index (κ2) is 7.60. The summed E-state index contributed by atoms with van der Waals surface area (Å²) in [6.45, 7) is 0. The Morgan fingerprint density at radius 2 is 1.89 bits per heavy atom. The summed E-state index contributed by atoms with van der Waals surface area (Å²) in [6, 6.07) is 12.4. The van der Waals surface area contributed by atoms with Gasteiger partial charge in [0.05, 0.1) is 11.3 Å². The lowest BCUT2D eigenvalue weighted by atomic mass is 10.2. The number of halogens is 4. The highest BCUT2D eigenvalue weighted by Gasteiger charge is 2.30. The predicted molar refractivity (Wildman–Crippen MR) is 96.2 cm³/mol. The monoisotopic (exact) mass is 389 g/mol. The number of nitriles is 1. The number of alkyl halides is 3. The predicted octanol–water partition coefficient (Wildman–Crippen LogP) is 5.94. The minimum Gasteiger partial charge on any atom is -0.360 e. The molecule has 0 atom stereocenters. The molecule has 8 heteroatoms. The van der Waals surface area contributed by atoms with Crippen molar-refractivity contribution < 1.29 is 17.6 Å². The van der Waals surface area contributed by atoms with Gasteiger partial charge in [0.2, 0.25) is 0 Å². The number of benzene rings is 2. The van der Waals surface area contributed by atoms with E-state index in [2.05, 4.69) is 10.3 Å². The number of thiazole rings is 1. The van der Waals surface area contributed by atoms with Crippen LogP contribution in [0, 0.1) is 17.1 Å². The van der Waals surface area contributed by atoms with Gasteiger partial charge in [-0.1, -0.05) is 6.07 Å². The number of anilines is 1. The molecule has 3 nitrogen and oxygen atoms in total. The van der Waals surface area contributed by atoms with E-state index < -0.39 is 11.7 Å². The van der Waals surface area contributed by atoms with Crippen molar-refractivity contribution in [2.75, 3.05) is 5.32 Å². The second-order valence-corrected chi connectivity index (χ2v) is 6.30. The van der Waals surface area contributed by atoms with Crippen LogP contribution >= 0.6 is 11.3 Å². The van der Waals surface area contributed by atoms with E-state index in [0.29, 0.717) is 16.3 Å². The van der Waals surface area contributed by atoms with Crippen LogP contribution in [0.1, 0.15) is 10.6 Å². The molecule has 0 aliphatic heterocycles. The molecule has 0 amide bonds. The zero-order chi connectivity index (χ0) is 19.4. The zero-order valence-electron chi connectivity index (χ0n) is 13.6. The maximum absolute atomic E-state index is 13.0. The van der Waals surface area contributed by atoms with Crippen LogP contribution in [0.25, 0.3) is 16.8 Å². The lowest BCUT2D eigenvalue weighted by Crippen LogP contribution is -2.05. The van der Waals surface area contributed by atoms with Gasteiger partial charge in [-0.25, -0.2) is 9.37 Å². The van der Waals surface area contributed by atoms with Crippen LogP contribution in [-0.4, -0.2) is 4.98 Å². The first-order chi connectivity index (χ1) is 12.9. The molecule has 1 N–H and O–H groups in total. The summed E-state index contributed by atoms with van der Waals surface area (Å²) in [5.41, 5.74) is 0.864. The third kappa shape index (κ3) is 4.51. The summed E-state index contributed by atoms with van der Waals surface area (Å²) in [5, 5.41) is 14.2. The van der Waals surface area contributed by atoms with Crippen molar-refractivity contribution in [3.05, 3.63) is 76.5 Å². The SMILES string of the molecule is N#C/C(=C\Nc1cccc(C(F)(F)F)c1)c1nc(-c2ccc(F)cc2)cs1. The minimum atomic E-state index is -4.45. The van der Waals surface area contributed by atoms with E-state index >= 15 is 0 Å². The van der Waals surface area contributed by atoms with Crippen LogP contribution in [0.3, 0.4) is 0 Å². The van der Waals surface area contributed by atoms with Gasteiger partial charge in [-0.2, -0.15) is 18.4 Å². The molecule has 136 valence electrons. The van der Waals surface area contributed by atoms with Gasteiger partial charge in [-0.3, -0.25) is 0 Å². The fourth-order valence-corrected chi connectivity index (χ4v) is 3.03. The molecule has 0 aliphatic rings. The third-order valence-electron chi connectivity index (χ3n) is 3.57. The van der Waals surface area contributed by atoms with E-state index in [9.17, 15) is 22.8 Å². The van der Waals surface area contributed by atoms with Crippen molar-refractivity contribution in [1.82, 2.24) is 4.98 Å². The molecule has 0 saturated heterocycles. The summed E-state index contributed by atoms with van der Waals surface area (Å²) in [5.74, 6) is -0.364. The maximum atomic E-state index is 13.0. The maximum Gasteiger partial charge on any atom is 0.416 e. The number of rotatable bonds is 4. The molecule has 0 radical (unpaired) electrons. The Morgan fingerprint density at radius 3 is 2.56 bits per heavy atom. The van der Waals surface area contributed by atoms with Crippen LogP contribution in [-0.2, 0) is 6.18 Å². The average Bonchev–Trinajstić information content (AvgIpc) is 3.12. The molecule has 3 rings (SSSR count). The standard InChI is InChI=1S/C19H11F4N3S/c20-15-6-4-12(5-7-15)17-11-27-18(26-17)13(9-24)10-25-16-3-1-2-14(8-16)19(21,22)23/h1-8,10-11,25H/b13-10+. The van der Waals surface area contributed by atoms with E-state index in [1.807, 2.05) is 6.07 Å². The molecule has 3 aromatic rings. The molecule has 0 spiro atoms. The zero-order valence-corrected chi connectivity index (χ0v) is 14.4. The lowest BCUT2D eigenvalue weighted by molar-refractivity contribution is -0.137. The Balaban J connectivity index is 1.82. The van der Waals surface area contributed by atoms with E-state index in [0.717, 1.165) is 12.1 Å². The summed E-state index contributed by atoms with van der Waals surface area (Å²) < 4.78 is 51.3. The van der Waals surface area contributed by atoms with E-state index in [1.165, 1.54) is 41.8 Å². The largest absolute Gasteiger partial charge is 0.416 e. The molecule has 2 aromatic carbocycles. The molecule has 0 unspecified atom stereocenters. The highest BCUT2D eigenvalue weighted by Crippen LogP contribution is 2.31. The summed E-state index contributed by atoms with van der Waals surface area (Å²) in [7, 11) is 0. The quantitative estimate of drug-likeness (QED) is 0.443. The first kappa shape index (κ1) is 18.6. The van der Waals surface area contributed by atoms with Crippen molar-refractivity contribution in [3.8, 4) is 17.3 Å². The number of allylic oxidation sites excluding steroid dienone is 1. The highest BCUT2D eigenvalue weighted by atomic mass is 32.1. The molecular weight excluding hydrogens is 378 g/mol. The number of nitrogens with one attached hydrogen (secondary N) is 1. The Kier molecular flexibility index (Phi) is 5.23. The summed E-state index contributed by atoms with van der Waals surface area (Å²) in [4.78, 5) is 4.34. The van der Waals surface area contributed by atoms with Gasteiger partial charge in [-0.05, 0) is 42.5 Å². The molecule has 0 fully saturated rings. The molecule has 1 aromatic heterocycles. The van der Waals surface area contributed by atoms with Crippen molar-refractivity contribution in [2.24, 2.45) is 0 Å². The van der Waals surface area contributed by atoms with Crippen molar-refractivity contribution >= 4 is 22.6 Å². The number of nitrogens with zero attached hydrogens (tertiary/aromatic N) is 2. The number of hydrogen-bond donors (Lipinski definition) is 1. The molecule has 0 saturated carbocycles. The van der Waals surface area contributed by atoms with Crippen molar-refractivity contribution in [3.63, 3.8) is 0 Å². The van der Waals surface area contributed by atoms with Gasteiger partial charge in [0.25, 0.3) is 0 Å². The Hall–Kier alpha value is -3.18. The highest BCUT2D eigenvalue weighted by molar-refractivity contribution is 7.11. The van der Waals surface area contributed by atoms with Gasteiger partial charge in [0.1, 0.15) is 22.5 Å². The fraction of sp³-hybridized carbons (Fsp3) is 0.0526. The number of aromatic nitrogens is 1. The van der Waals surface area contributed by atoms with Gasteiger partial charge in [0, 0.05) is 22.8 Å². The van der Waals surface area contributed by atoms with Crippen LogP contribution in [0.4, 0.5) is 23.2 Å². The molecule has 0 aliphatic carbocycles. The minimum absolute atomic E-state index is 0.172. The van der Waals surface area contributed by atoms with Crippen LogP contribution < -0.4 is 5.32 Å². The van der Waals surface area contributed by atoms with E-state index in [-0.39, 0.29) is 17.1 Å². The Bertz CT molecular complexity index is 1010. The van der Waals surface area contributed by atoms with Gasteiger partial charge in [-0.15, -0.1) is 11.3 Å².